The van der Waals surface area contributed by atoms with Crippen molar-refractivity contribution in [2.24, 2.45) is 0 Å². The molecule has 0 aromatic heterocycles. The smallest absolute Gasteiger partial charge is 0.295 e. The number of carbonyl (C=O) groups is 2. The van der Waals surface area contributed by atoms with Gasteiger partial charge in [-0.3, -0.25) is 14.5 Å². The maximum absolute atomic E-state index is 13.4. The number of morpholine rings is 1. The van der Waals surface area contributed by atoms with Crippen LogP contribution in [0.5, 0.6) is 5.75 Å². The summed E-state index contributed by atoms with van der Waals surface area (Å²) in [4.78, 5) is 32.6. The third-order valence-electron chi connectivity index (χ3n) is 7.15. The van der Waals surface area contributed by atoms with Crippen LogP contribution in [0.2, 0.25) is 0 Å². The summed E-state index contributed by atoms with van der Waals surface area (Å²) in [5.41, 5.74) is 3.28. The highest BCUT2D eigenvalue weighted by atomic mass is 16.5. The van der Waals surface area contributed by atoms with Gasteiger partial charge in [0, 0.05) is 51.5 Å². The molecule has 204 valence electrons. The number of aliphatic hydroxyl groups is 1. The van der Waals surface area contributed by atoms with Crippen LogP contribution in [0, 0.1) is 6.92 Å². The zero-order valence-corrected chi connectivity index (χ0v) is 22.9. The molecule has 1 atom stereocenters. The third kappa shape index (κ3) is 6.03. The number of anilines is 1. The summed E-state index contributed by atoms with van der Waals surface area (Å²) >= 11 is 0. The minimum atomic E-state index is -0.660. The molecule has 2 saturated heterocycles. The van der Waals surface area contributed by atoms with Crippen LogP contribution < -0.4 is 9.64 Å². The molecule has 0 radical (unpaired) electrons. The zero-order valence-electron chi connectivity index (χ0n) is 22.9. The fraction of sp³-hybridized carbons (Fsp3) is 0.467. The van der Waals surface area contributed by atoms with Gasteiger partial charge < -0.3 is 24.4 Å². The van der Waals surface area contributed by atoms with Gasteiger partial charge in [-0.05, 0) is 61.2 Å². The van der Waals surface area contributed by atoms with Crippen LogP contribution in [0.25, 0.3) is 5.76 Å². The first-order valence-corrected chi connectivity index (χ1v) is 13.4. The molecule has 2 heterocycles. The molecule has 2 aromatic rings. The van der Waals surface area contributed by atoms with E-state index in [4.69, 9.17) is 9.47 Å². The Labute approximate surface area is 225 Å². The third-order valence-corrected chi connectivity index (χ3v) is 7.15. The second-order valence-corrected chi connectivity index (χ2v) is 10.1. The Hall–Kier alpha value is -3.36. The molecule has 2 aromatic carbocycles. The molecule has 2 aliphatic heterocycles. The van der Waals surface area contributed by atoms with Crippen molar-refractivity contribution in [2.45, 2.75) is 32.7 Å². The first-order chi connectivity index (χ1) is 18.3. The topological polar surface area (TPSA) is 82.5 Å². The highest BCUT2D eigenvalue weighted by Gasteiger charge is 2.45. The minimum Gasteiger partial charge on any atom is -0.507 e. The van der Waals surface area contributed by atoms with Crippen molar-refractivity contribution in [3.8, 4) is 5.75 Å². The Bertz CT molecular complexity index is 1170. The number of rotatable bonds is 10. The molecule has 2 fully saturated rings. The lowest BCUT2D eigenvalue weighted by molar-refractivity contribution is -0.140. The number of ether oxygens (including phenoxy) is 2. The van der Waals surface area contributed by atoms with E-state index in [9.17, 15) is 14.7 Å². The Morgan fingerprint density at radius 3 is 2.42 bits per heavy atom. The average molecular weight is 522 g/mol. The minimum absolute atomic E-state index is 0.126. The van der Waals surface area contributed by atoms with Gasteiger partial charge >= 0.3 is 0 Å². The summed E-state index contributed by atoms with van der Waals surface area (Å²) < 4.78 is 11.2. The van der Waals surface area contributed by atoms with Crippen molar-refractivity contribution in [3.63, 3.8) is 0 Å². The number of aliphatic hydroxyl groups excluding tert-OH is 1. The Kier molecular flexibility index (Phi) is 9.07. The Morgan fingerprint density at radius 1 is 1.08 bits per heavy atom. The van der Waals surface area contributed by atoms with Crippen LogP contribution in [-0.2, 0) is 14.3 Å². The van der Waals surface area contributed by atoms with E-state index >= 15 is 0 Å². The summed E-state index contributed by atoms with van der Waals surface area (Å²) in [6.45, 7) is 8.94. The average Bonchev–Trinajstić information content (AvgIpc) is 3.17. The van der Waals surface area contributed by atoms with Gasteiger partial charge in [-0.25, -0.2) is 0 Å². The molecule has 0 spiro atoms. The van der Waals surface area contributed by atoms with Gasteiger partial charge in [-0.1, -0.05) is 19.1 Å². The van der Waals surface area contributed by atoms with Crippen LogP contribution in [-0.4, -0.2) is 86.7 Å². The van der Waals surface area contributed by atoms with Gasteiger partial charge in [-0.2, -0.15) is 0 Å². The number of benzene rings is 2. The van der Waals surface area contributed by atoms with Crippen molar-refractivity contribution < 1.29 is 24.2 Å². The van der Waals surface area contributed by atoms with Gasteiger partial charge in [0.25, 0.3) is 11.7 Å². The summed E-state index contributed by atoms with van der Waals surface area (Å²) in [7, 11) is 3.92. The molecule has 38 heavy (non-hydrogen) atoms. The SMILES string of the molecule is CCCOc1ccc(C(O)=C2C(=O)C(=O)N(CCCN3CCOCC3)[C@H]2c2ccc(N(C)C)cc2)cc1C. The van der Waals surface area contributed by atoms with Crippen LogP contribution in [0.15, 0.2) is 48.0 Å². The van der Waals surface area contributed by atoms with Crippen molar-refractivity contribution in [1.29, 1.82) is 0 Å². The molecule has 1 N–H and O–H groups in total. The van der Waals surface area contributed by atoms with E-state index in [1.807, 2.05) is 57.1 Å². The van der Waals surface area contributed by atoms with Crippen LogP contribution in [0.1, 0.15) is 42.5 Å². The quantitative estimate of drug-likeness (QED) is 0.288. The Morgan fingerprint density at radius 2 is 1.79 bits per heavy atom. The first kappa shape index (κ1) is 27.7. The molecule has 4 rings (SSSR count). The number of hydrogen-bond donors (Lipinski definition) is 1. The van der Waals surface area contributed by atoms with Gasteiger partial charge in [0.15, 0.2) is 0 Å². The van der Waals surface area contributed by atoms with Crippen molar-refractivity contribution >= 4 is 23.1 Å². The molecule has 8 heteroatoms. The molecule has 8 nitrogen and oxygen atoms in total. The van der Waals surface area contributed by atoms with Crippen LogP contribution in [0.4, 0.5) is 5.69 Å². The van der Waals surface area contributed by atoms with E-state index in [-0.39, 0.29) is 11.3 Å². The molecule has 0 bridgehead atoms. The number of hydrogen-bond acceptors (Lipinski definition) is 7. The van der Waals surface area contributed by atoms with Crippen LogP contribution >= 0.6 is 0 Å². The van der Waals surface area contributed by atoms with E-state index in [1.165, 1.54) is 0 Å². The predicted octanol–water partition coefficient (Wildman–Crippen LogP) is 3.99. The number of carbonyl (C=O) groups excluding carboxylic acids is 2. The number of amides is 1. The molecule has 2 aliphatic rings. The molecular formula is C30H39N3O5. The van der Waals surface area contributed by atoms with Crippen molar-refractivity contribution in [3.05, 3.63) is 64.7 Å². The fourth-order valence-corrected chi connectivity index (χ4v) is 5.03. The normalized spacial score (nSPS) is 19.7. The summed E-state index contributed by atoms with van der Waals surface area (Å²) in [5, 5.41) is 11.4. The second-order valence-electron chi connectivity index (χ2n) is 10.1. The number of nitrogens with zero attached hydrogens (tertiary/aromatic N) is 3. The highest BCUT2D eigenvalue weighted by Crippen LogP contribution is 2.40. The monoisotopic (exact) mass is 521 g/mol. The number of aryl methyl sites for hydroxylation is 1. The van der Waals surface area contributed by atoms with Crippen molar-refractivity contribution in [1.82, 2.24) is 9.80 Å². The predicted molar refractivity (Wildman–Crippen MR) is 149 cm³/mol. The number of likely N-dealkylation sites (tertiary alicyclic amines) is 1. The summed E-state index contributed by atoms with van der Waals surface area (Å²) in [6.07, 6.45) is 1.62. The van der Waals surface area contributed by atoms with Gasteiger partial charge in [0.2, 0.25) is 0 Å². The highest BCUT2D eigenvalue weighted by molar-refractivity contribution is 6.46. The maximum Gasteiger partial charge on any atom is 0.295 e. The zero-order chi connectivity index (χ0) is 27.2. The summed E-state index contributed by atoms with van der Waals surface area (Å²) in [5.74, 6) is -0.650. The number of Topliss-reactive ketones (excluding diaryl/α,β-unsaturated/α-hetero) is 1. The van der Waals surface area contributed by atoms with E-state index in [0.29, 0.717) is 31.9 Å². The molecule has 0 saturated carbocycles. The lowest BCUT2D eigenvalue weighted by atomic mass is 9.94. The molecular weight excluding hydrogens is 482 g/mol. The maximum atomic E-state index is 13.4. The first-order valence-electron chi connectivity index (χ1n) is 13.4. The lowest BCUT2D eigenvalue weighted by Gasteiger charge is -2.29. The molecule has 1 amide bonds. The Balaban J connectivity index is 1.68. The van der Waals surface area contributed by atoms with Gasteiger partial charge in [0.05, 0.1) is 31.4 Å². The molecule has 0 aliphatic carbocycles. The van der Waals surface area contributed by atoms with E-state index in [0.717, 1.165) is 55.0 Å². The largest absolute Gasteiger partial charge is 0.507 e. The van der Waals surface area contributed by atoms with E-state index in [1.54, 1.807) is 23.1 Å². The van der Waals surface area contributed by atoms with Gasteiger partial charge in [-0.15, -0.1) is 0 Å². The fourth-order valence-electron chi connectivity index (χ4n) is 5.03. The van der Waals surface area contributed by atoms with E-state index < -0.39 is 17.7 Å². The lowest BCUT2D eigenvalue weighted by Crippen LogP contribution is -2.38. The standard InChI is InChI=1S/C30H39N3O5/c1-5-17-38-25-12-9-23(20-21(25)2)28(34)26-27(22-7-10-24(11-8-22)31(3)4)33(30(36)29(26)35)14-6-13-32-15-18-37-19-16-32/h7-12,20,27,34H,5-6,13-19H2,1-4H3/t27-/m0/s1. The van der Waals surface area contributed by atoms with Gasteiger partial charge in [0.1, 0.15) is 11.5 Å². The summed E-state index contributed by atoms with van der Waals surface area (Å²) in [6, 6.07) is 12.5. The van der Waals surface area contributed by atoms with E-state index in [2.05, 4.69) is 4.90 Å². The second kappa shape index (κ2) is 12.5. The number of ketones is 1. The molecule has 0 unspecified atom stereocenters. The van der Waals surface area contributed by atoms with Crippen LogP contribution in [0.3, 0.4) is 0 Å². The van der Waals surface area contributed by atoms with Crippen molar-refractivity contribution in [2.75, 3.05) is 65.0 Å².